The molecular formula is C15H14FN3O. The summed E-state index contributed by atoms with van der Waals surface area (Å²) in [4.78, 5) is 4.53. The number of fused-ring (bicyclic) bond motifs is 1. The Kier molecular flexibility index (Phi) is 2.82. The Balaban J connectivity index is 2.26. The first-order chi connectivity index (χ1) is 9.60. The molecule has 4 nitrogen and oxygen atoms in total. The van der Waals surface area contributed by atoms with Gasteiger partial charge in [-0.25, -0.2) is 9.37 Å². The summed E-state index contributed by atoms with van der Waals surface area (Å²) in [7, 11) is 3.48. The van der Waals surface area contributed by atoms with Crippen molar-refractivity contribution >= 4 is 16.7 Å². The van der Waals surface area contributed by atoms with E-state index in [2.05, 4.69) is 4.98 Å². The lowest BCUT2D eigenvalue weighted by molar-refractivity contribution is 0.415. The van der Waals surface area contributed by atoms with Gasteiger partial charge in [0.2, 0.25) is 0 Å². The van der Waals surface area contributed by atoms with E-state index < -0.39 is 0 Å². The highest BCUT2D eigenvalue weighted by atomic mass is 19.1. The number of hydrogen-bond acceptors (Lipinski definition) is 3. The van der Waals surface area contributed by atoms with Gasteiger partial charge < -0.3 is 15.0 Å². The summed E-state index contributed by atoms with van der Waals surface area (Å²) >= 11 is 0. The molecule has 0 aliphatic heterocycles. The number of hydrogen-bond donors (Lipinski definition) is 1. The summed E-state index contributed by atoms with van der Waals surface area (Å²) in [5.41, 5.74) is 8.72. The molecule has 0 fully saturated rings. The van der Waals surface area contributed by atoms with Crippen molar-refractivity contribution in [2.45, 2.75) is 0 Å². The van der Waals surface area contributed by atoms with Gasteiger partial charge in [0.25, 0.3) is 0 Å². The number of methoxy groups -OCH3 is 1. The number of anilines is 1. The molecular weight excluding hydrogens is 257 g/mol. The van der Waals surface area contributed by atoms with Gasteiger partial charge in [0.05, 0.1) is 18.1 Å². The molecule has 1 aromatic heterocycles. The maximum atomic E-state index is 13.4. The topological polar surface area (TPSA) is 53.1 Å². The largest absolute Gasteiger partial charge is 0.497 e. The molecule has 0 radical (unpaired) electrons. The van der Waals surface area contributed by atoms with E-state index in [0.717, 1.165) is 16.8 Å². The minimum absolute atomic E-state index is 0.334. The molecule has 102 valence electrons. The minimum Gasteiger partial charge on any atom is -0.497 e. The molecule has 5 heteroatoms. The lowest BCUT2D eigenvalue weighted by Gasteiger charge is -2.06. The highest BCUT2D eigenvalue weighted by Crippen LogP contribution is 2.30. The molecule has 0 saturated heterocycles. The van der Waals surface area contributed by atoms with Crippen LogP contribution in [0.1, 0.15) is 0 Å². The number of benzene rings is 2. The van der Waals surface area contributed by atoms with Gasteiger partial charge in [0.15, 0.2) is 0 Å². The molecule has 0 aliphatic rings. The van der Waals surface area contributed by atoms with Crippen LogP contribution in [0.2, 0.25) is 0 Å². The van der Waals surface area contributed by atoms with Crippen LogP contribution in [0.3, 0.4) is 0 Å². The fourth-order valence-electron chi connectivity index (χ4n) is 2.27. The van der Waals surface area contributed by atoms with E-state index in [0.29, 0.717) is 17.1 Å². The van der Waals surface area contributed by atoms with Gasteiger partial charge in [-0.2, -0.15) is 0 Å². The first-order valence-electron chi connectivity index (χ1n) is 6.16. The maximum absolute atomic E-state index is 13.4. The Morgan fingerprint density at radius 2 is 2.00 bits per heavy atom. The van der Waals surface area contributed by atoms with Crippen LogP contribution >= 0.6 is 0 Å². The van der Waals surface area contributed by atoms with Crippen LogP contribution in [0.5, 0.6) is 5.75 Å². The van der Waals surface area contributed by atoms with Crippen molar-refractivity contribution in [3.63, 3.8) is 0 Å². The third-order valence-electron chi connectivity index (χ3n) is 3.34. The van der Waals surface area contributed by atoms with E-state index in [1.165, 1.54) is 12.1 Å². The van der Waals surface area contributed by atoms with Crippen molar-refractivity contribution in [2.24, 2.45) is 7.05 Å². The van der Waals surface area contributed by atoms with Gasteiger partial charge >= 0.3 is 0 Å². The predicted octanol–water partition coefficient (Wildman–Crippen LogP) is 2.97. The van der Waals surface area contributed by atoms with Crippen LogP contribution < -0.4 is 10.5 Å². The zero-order valence-corrected chi connectivity index (χ0v) is 11.2. The summed E-state index contributed by atoms with van der Waals surface area (Å²) in [6, 6.07) is 9.90. The Labute approximate surface area is 115 Å². The summed E-state index contributed by atoms with van der Waals surface area (Å²) in [6.07, 6.45) is 0. The van der Waals surface area contributed by atoms with Crippen LogP contribution in [-0.4, -0.2) is 16.7 Å². The third kappa shape index (κ3) is 1.87. The molecule has 0 saturated carbocycles. The van der Waals surface area contributed by atoms with Gasteiger partial charge in [-0.05, 0) is 30.3 Å². The van der Waals surface area contributed by atoms with Crippen LogP contribution in [-0.2, 0) is 7.05 Å². The Bertz CT molecular complexity index is 795. The molecule has 0 amide bonds. The summed E-state index contributed by atoms with van der Waals surface area (Å²) in [5, 5.41) is 0. The number of rotatable bonds is 2. The zero-order chi connectivity index (χ0) is 14.3. The standard InChI is InChI=1S/C15H14FN3O/c1-19-14-6-4-10(20-2)8-13(14)18-15(19)11-7-9(16)3-5-12(11)17/h3-8H,17H2,1-2H3. The van der Waals surface area contributed by atoms with E-state index in [9.17, 15) is 4.39 Å². The van der Waals surface area contributed by atoms with Gasteiger partial charge in [0, 0.05) is 24.4 Å². The molecule has 0 bridgehead atoms. The number of aryl methyl sites for hydroxylation is 1. The second-order valence-corrected chi connectivity index (χ2v) is 4.58. The van der Waals surface area contributed by atoms with Gasteiger partial charge in [-0.3, -0.25) is 0 Å². The van der Waals surface area contributed by atoms with Crippen molar-refractivity contribution in [1.82, 2.24) is 9.55 Å². The molecule has 1 heterocycles. The minimum atomic E-state index is -0.334. The third-order valence-corrected chi connectivity index (χ3v) is 3.34. The number of ether oxygens (including phenoxy) is 1. The monoisotopic (exact) mass is 271 g/mol. The maximum Gasteiger partial charge on any atom is 0.143 e. The fraction of sp³-hybridized carbons (Fsp3) is 0.133. The second kappa shape index (κ2) is 4.52. The predicted molar refractivity (Wildman–Crippen MR) is 77.1 cm³/mol. The Hall–Kier alpha value is -2.56. The lowest BCUT2D eigenvalue weighted by atomic mass is 10.1. The lowest BCUT2D eigenvalue weighted by Crippen LogP contribution is -1.97. The Morgan fingerprint density at radius 1 is 1.20 bits per heavy atom. The van der Waals surface area contributed by atoms with Crippen molar-refractivity contribution < 1.29 is 9.13 Å². The summed E-state index contributed by atoms with van der Waals surface area (Å²) in [5.74, 6) is 1.03. The summed E-state index contributed by atoms with van der Waals surface area (Å²) in [6.45, 7) is 0. The van der Waals surface area contributed by atoms with Crippen molar-refractivity contribution in [3.8, 4) is 17.1 Å². The van der Waals surface area contributed by atoms with Crippen LogP contribution in [0, 0.1) is 5.82 Å². The molecule has 20 heavy (non-hydrogen) atoms. The highest BCUT2D eigenvalue weighted by Gasteiger charge is 2.13. The van der Waals surface area contributed by atoms with Crippen molar-refractivity contribution in [1.29, 1.82) is 0 Å². The fourth-order valence-corrected chi connectivity index (χ4v) is 2.27. The molecule has 0 unspecified atom stereocenters. The van der Waals surface area contributed by atoms with Crippen LogP contribution in [0.25, 0.3) is 22.4 Å². The normalized spacial score (nSPS) is 10.9. The SMILES string of the molecule is COc1ccc2c(c1)nc(-c1cc(F)ccc1N)n2C. The Morgan fingerprint density at radius 3 is 2.75 bits per heavy atom. The average Bonchev–Trinajstić information content (AvgIpc) is 2.78. The first-order valence-corrected chi connectivity index (χ1v) is 6.16. The smallest absolute Gasteiger partial charge is 0.143 e. The number of nitrogen functional groups attached to an aromatic ring is 1. The summed E-state index contributed by atoms with van der Waals surface area (Å²) < 4.78 is 20.5. The van der Waals surface area contributed by atoms with Crippen LogP contribution in [0.15, 0.2) is 36.4 Å². The first kappa shape index (κ1) is 12.5. The van der Waals surface area contributed by atoms with E-state index in [-0.39, 0.29) is 5.82 Å². The number of imidazole rings is 1. The van der Waals surface area contributed by atoms with Gasteiger partial charge in [-0.1, -0.05) is 0 Å². The number of nitrogens with zero attached hydrogens (tertiary/aromatic N) is 2. The number of aromatic nitrogens is 2. The van der Waals surface area contributed by atoms with Gasteiger partial charge in [-0.15, -0.1) is 0 Å². The molecule has 2 N–H and O–H groups in total. The van der Waals surface area contributed by atoms with E-state index in [1.54, 1.807) is 13.2 Å². The molecule has 0 atom stereocenters. The molecule has 0 spiro atoms. The van der Waals surface area contributed by atoms with Gasteiger partial charge in [0.1, 0.15) is 17.4 Å². The highest BCUT2D eigenvalue weighted by molar-refractivity contribution is 5.84. The number of nitrogens with two attached hydrogens (primary N) is 1. The van der Waals surface area contributed by atoms with Crippen molar-refractivity contribution in [3.05, 3.63) is 42.2 Å². The second-order valence-electron chi connectivity index (χ2n) is 4.58. The zero-order valence-electron chi connectivity index (χ0n) is 11.2. The average molecular weight is 271 g/mol. The molecule has 0 aliphatic carbocycles. The molecule has 3 rings (SSSR count). The van der Waals surface area contributed by atoms with E-state index in [4.69, 9.17) is 10.5 Å². The number of halogens is 1. The quantitative estimate of drug-likeness (QED) is 0.729. The van der Waals surface area contributed by atoms with Crippen molar-refractivity contribution in [2.75, 3.05) is 12.8 Å². The van der Waals surface area contributed by atoms with Crippen LogP contribution in [0.4, 0.5) is 10.1 Å². The van der Waals surface area contributed by atoms with E-state index >= 15 is 0 Å². The van der Waals surface area contributed by atoms with E-state index in [1.807, 2.05) is 29.8 Å². The molecule has 2 aromatic carbocycles. The molecule has 3 aromatic rings.